The van der Waals surface area contributed by atoms with Crippen molar-refractivity contribution in [3.05, 3.63) is 59.1 Å². The Kier molecular flexibility index (Phi) is 6.32. The van der Waals surface area contributed by atoms with Gasteiger partial charge in [0.1, 0.15) is 5.75 Å². The summed E-state index contributed by atoms with van der Waals surface area (Å²) < 4.78 is 10.9. The lowest BCUT2D eigenvalue weighted by atomic mass is 10.1. The van der Waals surface area contributed by atoms with Crippen LogP contribution in [0.5, 0.6) is 5.75 Å². The number of morpholine rings is 1. The lowest BCUT2D eigenvalue weighted by Crippen LogP contribution is -2.41. The number of anilines is 1. The molecule has 0 radical (unpaired) electrons. The summed E-state index contributed by atoms with van der Waals surface area (Å²) in [5, 5.41) is 3.21. The molecule has 2 aromatic rings. The summed E-state index contributed by atoms with van der Waals surface area (Å²) in [4.78, 5) is 27.1. The van der Waals surface area contributed by atoms with Crippen molar-refractivity contribution in [1.82, 2.24) is 4.90 Å². The van der Waals surface area contributed by atoms with Crippen LogP contribution in [-0.4, -0.2) is 49.1 Å². The van der Waals surface area contributed by atoms with Gasteiger partial charge < -0.3 is 19.7 Å². The highest BCUT2D eigenvalue weighted by Gasteiger charge is 2.23. The number of hydrogen-bond donors (Lipinski definition) is 1. The van der Waals surface area contributed by atoms with E-state index in [9.17, 15) is 9.59 Å². The lowest BCUT2D eigenvalue weighted by Gasteiger charge is -2.27. The zero-order valence-corrected chi connectivity index (χ0v) is 15.7. The molecule has 0 saturated carbocycles. The molecular formula is C20H21ClN2O4. The minimum atomic E-state index is -0.781. The summed E-state index contributed by atoms with van der Waals surface area (Å²) in [6, 6.07) is 13.9. The smallest absolute Gasteiger partial charge is 0.265 e. The number of rotatable bonds is 5. The molecule has 0 bridgehead atoms. The van der Waals surface area contributed by atoms with Crippen LogP contribution in [0.2, 0.25) is 5.02 Å². The number of carbonyl (C=O) groups is 2. The third-order valence-corrected chi connectivity index (χ3v) is 4.54. The van der Waals surface area contributed by atoms with Crippen molar-refractivity contribution in [2.45, 2.75) is 13.0 Å². The Morgan fingerprint density at radius 1 is 1.11 bits per heavy atom. The Bertz CT molecular complexity index is 821. The summed E-state index contributed by atoms with van der Waals surface area (Å²) in [6.07, 6.45) is -0.781. The monoisotopic (exact) mass is 388 g/mol. The highest BCUT2D eigenvalue weighted by atomic mass is 35.5. The van der Waals surface area contributed by atoms with E-state index in [1.807, 2.05) is 0 Å². The third kappa shape index (κ3) is 4.78. The van der Waals surface area contributed by atoms with Gasteiger partial charge in [0.25, 0.3) is 11.8 Å². The van der Waals surface area contributed by atoms with Crippen LogP contribution >= 0.6 is 11.6 Å². The Labute approximate surface area is 163 Å². The van der Waals surface area contributed by atoms with Gasteiger partial charge in [-0.2, -0.15) is 0 Å². The molecule has 1 N–H and O–H groups in total. The van der Waals surface area contributed by atoms with Gasteiger partial charge in [0, 0.05) is 13.1 Å². The van der Waals surface area contributed by atoms with E-state index in [0.29, 0.717) is 48.3 Å². The molecular weight excluding hydrogens is 368 g/mol. The van der Waals surface area contributed by atoms with Gasteiger partial charge in [-0.15, -0.1) is 0 Å². The second kappa shape index (κ2) is 8.88. The molecule has 1 fully saturated rings. The van der Waals surface area contributed by atoms with Crippen LogP contribution < -0.4 is 10.1 Å². The normalized spacial score (nSPS) is 15.1. The Hall–Kier alpha value is -2.57. The number of hydrogen-bond acceptors (Lipinski definition) is 4. The van der Waals surface area contributed by atoms with Crippen molar-refractivity contribution in [3.63, 3.8) is 0 Å². The number of halogens is 1. The minimum Gasteiger partial charge on any atom is -0.479 e. The van der Waals surface area contributed by atoms with E-state index >= 15 is 0 Å². The van der Waals surface area contributed by atoms with Gasteiger partial charge >= 0.3 is 0 Å². The molecule has 1 aliphatic rings. The topological polar surface area (TPSA) is 67.9 Å². The maximum absolute atomic E-state index is 12.8. The number of carbonyl (C=O) groups excluding carboxylic acids is 2. The molecule has 6 nitrogen and oxygen atoms in total. The molecule has 7 heteroatoms. The molecule has 0 aliphatic carbocycles. The molecule has 1 atom stereocenters. The Morgan fingerprint density at radius 3 is 2.52 bits per heavy atom. The van der Waals surface area contributed by atoms with Crippen LogP contribution in [0.25, 0.3) is 0 Å². The summed E-state index contributed by atoms with van der Waals surface area (Å²) in [6.45, 7) is 3.73. The number of benzene rings is 2. The maximum Gasteiger partial charge on any atom is 0.265 e. The fraction of sp³-hybridized carbons (Fsp3) is 0.300. The fourth-order valence-electron chi connectivity index (χ4n) is 2.73. The van der Waals surface area contributed by atoms with Crippen LogP contribution in [-0.2, 0) is 9.53 Å². The van der Waals surface area contributed by atoms with Crippen molar-refractivity contribution < 1.29 is 19.1 Å². The number of nitrogens with one attached hydrogen (secondary N) is 1. The Morgan fingerprint density at radius 2 is 1.78 bits per heavy atom. The van der Waals surface area contributed by atoms with E-state index in [4.69, 9.17) is 21.1 Å². The number of amides is 2. The lowest BCUT2D eigenvalue weighted by molar-refractivity contribution is -0.122. The van der Waals surface area contributed by atoms with Crippen LogP contribution in [0.15, 0.2) is 48.5 Å². The summed E-state index contributed by atoms with van der Waals surface area (Å²) in [7, 11) is 0. The molecule has 0 unspecified atom stereocenters. The van der Waals surface area contributed by atoms with E-state index < -0.39 is 6.10 Å². The second-order valence-electron chi connectivity index (χ2n) is 6.13. The highest BCUT2D eigenvalue weighted by Crippen LogP contribution is 2.25. The van der Waals surface area contributed by atoms with Crippen molar-refractivity contribution in [3.8, 4) is 5.75 Å². The van der Waals surface area contributed by atoms with Gasteiger partial charge in [0.2, 0.25) is 0 Å². The number of nitrogens with zero attached hydrogens (tertiary/aromatic N) is 1. The highest BCUT2D eigenvalue weighted by molar-refractivity contribution is 6.32. The summed E-state index contributed by atoms with van der Waals surface area (Å²) in [5.41, 5.74) is 0.895. The maximum atomic E-state index is 12.8. The van der Waals surface area contributed by atoms with Gasteiger partial charge in [-0.3, -0.25) is 9.59 Å². The molecule has 1 aliphatic heterocycles. The third-order valence-electron chi connectivity index (χ3n) is 4.22. The molecule has 2 amide bonds. The number of ether oxygens (including phenoxy) is 2. The Balaban J connectivity index is 1.70. The van der Waals surface area contributed by atoms with Gasteiger partial charge in [-0.05, 0) is 31.2 Å². The first kappa shape index (κ1) is 19.2. The average molecular weight is 389 g/mol. The molecule has 0 aromatic heterocycles. The first-order valence-electron chi connectivity index (χ1n) is 8.74. The van der Waals surface area contributed by atoms with E-state index in [-0.39, 0.29) is 11.8 Å². The molecule has 3 rings (SSSR count). The van der Waals surface area contributed by atoms with Crippen LogP contribution in [0.3, 0.4) is 0 Å². The van der Waals surface area contributed by atoms with E-state index in [1.165, 1.54) is 0 Å². The van der Waals surface area contributed by atoms with Crippen LogP contribution in [0, 0.1) is 0 Å². The number of para-hydroxylation sites is 2. The standard InChI is InChI=1S/C20H21ClN2O4/c1-14(27-18-9-5-3-7-16(18)21)19(24)22-17-8-4-2-6-15(17)20(25)23-10-12-26-13-11-23/h2-9,14H,10-13H2,1H3,(H,22,24)/t14-/m1/s1. The first-order valence-corrected chi connectivity index (χ1v) is 9.12. The fourth-order valence-corrected chi connectivity index (χ4v) is 2.91. The van der Waals surface area contributed by atoms with Gasteiger partial charge in [0.05, 0.1) is 29.5 Å². The van der Waals surface area contributed by atoms with Crippen LogP contribution in [0.4, 0.5) is 5.69 Å². The molecule has 142 valence electrons. The minimum absolute atomic E-state index is 0.131. The van der Waals surface area contributed by atoms with Crippen molar-refractivity contribution >= 4 is 29.1 Å². The van der Waals surface area contributed by atoms with Crippen molar-refractivity contribution in [2.75, 3.05) is 31.6 Å². The SMILES string of the molecule is C[C@@H](Oc1ccccc1Cl)C(=O)Nc1ccccc1C(=O)N1CCOCC1. The van der Waals surface area contributed by atoms with E-state index in [1.54, 1.807) is 60.4 Å². The second-order valence-corrected chi connectivity index (χ2v) is 6.54. The van der Waals surface area contributed by atoms with Gasteiger partial charge in [-0.25, -0.2) is 0 Å². The molecule has 0 spiro atoms. The molecule has 1 heterocycles. The van der Waals surface area contributed by atoms with Gasteiger partial charge in [-0.1, -0.05) is 35.9 Å². The zero-order chi connectivity index (χ0) is 19.2. The molecule has 27 heavy (non-hydrogen) atoms. The van der Waals surface area contributed by atoms with Gasteiger partial charge in [0.15, 0.2) is 6.10 Å². The first-order chi connectivity index (χ1) is 13.1. The average Bonchev–Trinajstić information content (AvgIpc) is 2.70. The summed E-state index contributed by atoms with van der Waals surface area (Å²) in [5.74, 6) is -0.0643. The van der Waals surface area contributed by atoms with E-state index in [0.717, 1.165) is 0 Å². The van der Waals surface area contributed by atoms with E-state index in [2.05, 4.69) is 5.32 Å². The molecule has 2 aromatic carbocycles. The predicted molar refractivity (Wildman–Crippen MR) is 103 cm³/mol. The molecule has 1 saturated heterocycles. The largest absolute Gasteiger partial charge is 0.479 e. The van der Waals surface area contributed by atoms with Crippen molar-refractivity contribution in [1.29, 1.82) is 0 Å². The predicted octanol–water partition coefficient (Wildman–Crippen LogP) is 3.22. The summed E-state index contributed by atoms with van der Waals surface area (Å²) >= 11 is 6.07. The quantitative estimate of drug-likeness (QED) is 0.854. The zero-order valence-electron chi connectivity index (χ0n) is 15.0. The van der Waals surface area contributed by atoms with Crippen LogP contribution in [0.1, 0.15) is 17.3 Å². The van der Waals surface area contributed by atoms with Crippen molar-refractivity contribution in [2.24, 2.45) is 0 Å².